The van der Waals surface area contributed by atoms with Gasteiger partial charge in [0.15, 0.2) is 0 Å². The van der Waals surface area contributed by atoms with Gasteiger partial charge in [-0.05, 0) is 25.0 Å². The Morgan fingerprint density at radius 1 is 1.11 bits per heavy atom. The number of nitrogens with one attached hydrogen (secondary N) is 1. The minimum absolute atomic E-state index is 0.296. The van der Waals surface area contributed by atoms with E-state index in [9.17, 15) is 8.42 Å². The van der Waals surface area contributed by atoms with Gasteiger partial charge >= 0.3 is 0 Å². The lowest BCUT2D eigenvalue weighted by Crippen LogP contribution is -2.51. The number of sulfonamides is 1. The largest absolute Gasteiger partial charge is 0.324 e. The molecular formula is C13H20N2O2S. The lowest BCUT2D eigenvalue weighted by atomic mass is 9.83. The van der Waals surface area contributed by atoms with Crippen molar-refractivity contribution >= 4 is 10.0 Å². The van der Waals surface area contributed by atoms with Gasteiger partial charge in [0.2, 0.25) is 10.0 Å². The topological polar surface area (TPSA) is 72.2 Å². The second kappa shape index (κ2) is 5.38. The van der Waals surface area contributed by atoms with Gasteiger partial charge in [0, 0.05) is 12.1 Å². The van der Waals surface area contributed by atoms with E-state index in [4.69, 9.17) is 5.73 Å². The summed E-state index contributed by atoms with van der Waals surface area (Å²) in [6, 6.07) is 8.41. The van der Waals surface area contributed by atoms with Crippen molar-refractivity contribution in [1.29, 1.82) is 0 Å². The second-order valence-electron chi connectivity index (χ2n) is 5.06. The maximum Gasteiger partial charge on any atom is 0.240 e. The molecule has 18 heavy (non-hydrogen) atoms. The van der Waals surface area contributed by atoms with Crippen LogP contribution in [0.4, 0.5) is 0 Å². The third-order valence-corrected chi connectivity index (χ3v) is 4.93. The van der Waals surface area contributed by atoms with E-state index in [-0.39, 0.29) is 5.54 Å². The summed E-state index contributed by atoms with van der Waals surface area (Å²) in [5.74, 6) is 0. The van der Waals surface area contributed by atoms with E-state index in [1.165, 1.54) is 6.42 Å². The molecule has 0 bridgehead atoms. The highest BCUT2D eigenvalue weighted by molar-refractivity contribution is 7.89. The predicted molar refractivity (Wildman–Crippen MR) is 71.6 cm³/mol. The average molecular weight is 268 g/mol. The van der Waals surface area contributed by atoms with Gasteiger partial charge in [-0.25, -0.2) is 13.1 Å². The van der Waals surface area contributed by atoms with Crippen LogP contribution in [0, 0.1) is 0 Å². The minimum atomic E-state index is -3.43. The Labute approximate surface area is 109 Å². The Kier molecular flexibility index (Phi) is 4.04. The molecule has 0 spiro atoms. The molecule has 0 radical (unpaired) electrons. The Hall–Kier alpha value is -0.910. The van der Waals surface area contributed by atoms with E-state index in [2.05, 4.69) is 4.72 Å². The van der Waals surface area contributed by atoms with Crippen LogP contribution in [-0.2, 0) is 10.0 Å². The lowest BCUT2D eigenvalue weighted by Gasteiger charge is -2.33. The van der Waals surface area contributed by atoms with Crippen LogP contribution in [0.5, 0.6) is 0 Å². The van der Waals surface area contributed by atoms with Crippen molar-refractivity contribution < 1.29 is 8.42 Å². The monoisotopic (exact) mass is 268 g/mol. The second-order valence-corrected chi connectivity index (χ2v) is 6.83. The van der Waals surface area contributed by atoms with Gasteiger partial charge in [-0.3, -0.25) is 0 Å². The molecule has 0 heterocycles. The normalized spacial score (nSPS) is 19.6. The molecule has 1 aliphatic rings. The van der Waals surface area contributed by atoms with Crippen molar-refractivity contribution in [3.8, 4) is 0 Å². The van der Waals surface area contributed by atoms with Crippen LogP contribution in [0.3, 0.4) is 0 Å². The fourth-order valence-corrected chi connectivity index (χ4v) is 3.51. The summed E-state index contributed by atoms with van der Waals surface area (Å²) < 4.78 is 26.7. The summed E-state index contributed by atoms with van der Waals surface area (Å²) >= 11 is 0. The molecule has 100 valence electrons. The molecule has 1 aromatic rings. The predicted octanol–water partition coefficient (Wildman–Crippen LogP) is 1.63. The first-order valence-electron chi connectivity index (χ1n) is 6.36. The molecule has 3 N–H and O–H groups in total. The summed E-state index contributed by atoms with van der Waals surface area (Å²) in [5.41, 5.74) is 5.84. The smallest absolute Gasteiger partial charge is 0.240 e. The van der Waals surface area contributed by atoms with Gasteiger partial charge in [0.05, 0.1) is 4.90 Å². The zero-order valence-electron chi connectivity index (χ0n) is 10.4. The molecule has 0 atom stereocenters. The summed E-state index contributed by atoms with van der Waals surface area (Å²) in [5, 5.41) is 0. The van der Waals surface area contributed by atoms with Crippen molar-refractivity contribution in [3.05, 3.63) is 30.3 Å². The van der Waals surface area contributed by atoms with Crippen LogP contribution in [-0.4, -0.2) is 20.5 Å². The SMILES string of the molecule is NC1(CNS(=O)(=O)c2ccccc2)CCCCC1. The number of nitrogens with two attached hydrogens (primary N) is 1. The van der Waals surface area contributed by atoms with Crippen molar-refractivity contribution in [2.75, 3.05) is 6.54 Å². The zero-order chi connectivity index (χ0) is 13.1. The maximum absolute atomic E-state index is 12.1. The summed E-state index contributed by atoms with van der Waals surface area (Å²) in [4.78, 5) is 0.296. The average Bonchev–Trinajstić information content (AvgIpc) is 2.39. The van der Waals surface area contributed by atoms with E-state index in [1.54, 1.807) is 30.3 Å². The van der Waals surface area contributed by atoms with Crippen molar-refractivity contribution in [2.45, 2.75) is 42.5 Å². The van der Waals surface area contributed by atoms with Crippen molar-refractivity contribution in [3.63, 3.8) is 0 Å². The molecule has 0 unspecified atom stereocenters. The van der Waals surface area contributed by atoms with Crippen LogP contribution in [0.15, 0.2) is 35.2 Å². The van der Waals surface area contributed by atoms with Crippen LogP contribution in [0.25, 0.3) is 0 Å². The van der Waals surface area contributed by atoms with Gasteiger partial charge in [-0.15, -0.1) is 0 Å². The van der Waals surface area contributed by atoms with Crippen molar-refractivity contribution in [1.82, 2.24) is 4.72 Å². The van der Waals surface area contributed by atoms with Crippen LogP contribution in [0.2, 0.25) is 0 Å². The summed E-state index contributed by atoms with van der Waals surface area (Å²) in [6.45, 7) is 0.324. The highest BCUT2D eigenvalue weighted by atomic mass is 32.2. The molecule has 0 aliphatic heterocycles. The molecule has 1 fully saturated rings. The highest BCUT2D eigenvalue weighted by Crippen LogP contribution is 2.25. The van der Waals surface area contributed by atoms with E-state index >= 15 is 0 Å². The molecule has 5 heteroatoms. The Bertz CT molecular complexity index is 479. The molecule has 4 nitrogen and oxygen atoms in total. The third-order valence-electron chi connectivity index (χ3n) is 3.52. The molecule has 1 aromatic carbocycles. The number of hydrogen-bond donors (Lipinski definition) is 2. The molecular weight excluding hydrogens is 248 g/mol. The number of hydrogen-bond acceptors (Lipinski definition) is 3. The first-order valence-corrected chi connectivity index (χ1v) is 7.84. The van der Waals surface area contributed by atoms with Crippen LogP contribution >= 0.6 is 0 Å². The van der Waals surface area contributed by atoms with Crippen LogP contribution < -0.4 is 10.5 Å². The lowest BCUT2D eigenvalue weighted by molar-refractivity contribution is 0.296. The van der Waals surface area contributed by atoms with Gasteiger partial charge in [-0.1, -0.05) is 37.5 Å². The van der Waals surface area contributed by atoms with Crippen LogP contribution in [0.1, 0.15) is 32.1 Å². The van der Waals surface area contributed by atoms with E-state index in [0.717, 1.165) is 25.7 Å². The minimum Gasteiger partial charge on any atom is -0.324 e. The Balaban J connectivity index is 2.01. The van der Waals surface area contributed by atoms with E-state index in [1.807, 2.05) is 0 Å². The molecule has 0 saturated heterocycles. The first kappa shape index (κ1) is 13.5. The van der Waals surface area contributed by atoms with Gasteiger partial charge in [-0.2, -0.15) is 0 Å². The summed E-state index contributed by atoms with van der Waals surface area (Å²) in [6.07, 6.45) is 5.16. The van der Waals surface area contributed by atoms with Gasteiger partial charge in [0.1, 0.15) is 0 Å². The quantitative estimate of drug-likeness (QED) is 0.871. The number of rotatable bonds is 4. The summed E-state index contributed by atoms with van der Waals surface area (Å²) in [7, 11) is -3.43. The third kappa shape index (κ3) is 3.31. The van der Waals surface area contributed by atoms with E-state index in [0.29, 0.717) is 11.4 Å². The Morgan fingerprint density at radius 3 is 2.33 bits per heavy atom. The molecule has 1 aliphatic carbocycles. The first-order chi connectivity index (χ1) is 8.52. The van der Waals surface area contributed by atoms with E-state index < -0.39 is 10.0 Å². The highest BCUT2D eigenvalue weighted by Gasteiger charge is 2.29. The standard InChI is InChI=1S/C13H20N2O2S/c14-13(9-5-2-6-10-13)11-15-18(16,17)12-7-3-1-4-8-12/h1,3-4,7-8,15H,2,5-6,9-11,14H2. The fraction of sp³-hybridized carbons (Fsp3) is 0.538. The fourth-order valence-electron chi connectivity index (χ4n) is 2.35. The maximum atomic E-state index is 12.1. The van der Waals surface area contributed by atoms with Crippen molar-refractivity contribution in [2.24, 2.45) is 5.73 Å². The number of benzene rings is 1. The molecule has 1 saturated carbocycles. The zero-order valence-corrected chi connectivity index (χ0v) is 11.2. The van der Waals surface area contributed by atoms with Gasteiger partial charge in [0.25, 0.3) is 0 Å². The molecule has 2 rings (SSSR count). The van der Waals surface area contributed by atoms with Gasteiger partial charge < -0.3 is 5.73 Å². The Morgan fingerprint density at radius 2 is 1.72 bits per heavy atom. The molecule has 0 amide bonds. The molecule has 0 aromatic heterocycles.